The van der Waals surface area contributed by atoms with Crippen LogP contribution in [0.25, 0.3) is 0 Å². The van der Waals surface area contributed by atoms with Crippen molar-refractivity contribution >= 4 is 29.5 Å². The molecule has 12 nitrogen and oxygen atoms in total. The van der Waals surface area contributed by atoms with Gasteiger partial charge in [0.05, 0.1) is 18.3 Å². The number of hydrogen-bond acceptors (Lipinski definition) is 10. The lowest BCUT2D eigenvalue weighted by Gasteiger charge is -2.56. The molecule has 2 amide bonds. The van der Waals surface area contributed by atoms with Crippen molar-refractivity contribution in [2.24, 2.45) is 46.3 Å². The molecule has 2 aromatic carbocycles. The number of amides is 2. The summed E-state index contributed by atoms with van der Waals surface area (Å²) in [6, 6.07) is 15.3. The summed E-state index contributed by atoms with van der Waals surface area (Å²) in [5, 5.41) is 28.7. The van der Waals surface area contributed by atoms with Crippen molar-refractivity contribution in [2.75, 3.05) is 17.2 Å². The van der Waals surface area contributed by atoms with Gasteiger partial charge in [-0.1, -0.05) is 95.3 Å². The second-order valence-electron chi connectivity index (χ2n) is 24.9. The summed E-state index contributed by atoms with van der Waals surface area (Å²) in [5.74, 6) is 1.70. The van der Waals surface area contributed by atoms with Crippen LogP contribution in [-0.2, 0) is 34.9 Å². The lowest BCUT2D eigenvalue weighted by Crippen LogP contribution is -2.72. The molecule has 6 saturated carbocycles. The van der Waals surface area contributed by atoms with Gasteiger partial charge in [-0.05, 0) is 183 Å². The summed E-state index contributed by atoms with van der Waals surface area (Å²) < 4.78 is 31.2. The summed E-state index contributed by atoms with van der Waals surface area (Å²) in [4.78, 5) is 39.7. The number of esters is 1. The van der Waals surface area contributed by atoms with Crippen LogP contribution in [0, 0.1) is 46.3 Å². The Morgan fingerprint density at radius 1 is 0.824 bits per heavy atom. The second kappa shape index (κ2) is 18.3. The molecule has 2 saturated heterocycles. The number of anilines is 2. The Kier molecular flexibility index (Phi) is 12.4. The number of fused-ring (bicyclic) bond motifs is 3. The highest BCUT2D eigenvalue weighted by Crippen LogP contribution is 2.80. The average Bonchev–Trinajstić information content (AvgIpc) is 4.36. The molecular formula is C62H76N2O10. The Balaban J connectivity index is 0.634. The van der Waals surface area contributed by atoms with Gasteiger partial charge in [0.2, 0.25) is 0 Å². The van der Waals surface area contributed by atoms with Gasteiger partial charge >= 0.3 is 18.2 Å². The fourth-order valence-corrected chi connectivity index (χ4v) is 16.3. The van der Waals surface area contributed by atoms with Gasteiger partial charge in [-0.25, -0.2) is 14.4 Å². The van der Waals surface area contributed by atoms with Crippen molar-refractivity contribution in [1.29, 1.82) is 0 Å². The van der Waals surface area contributed by atoms with Crippen molar-refractivity contribution in [3.8, 4) is 0 Å². The van der Waals surface area contributed by atoms with Gasteiger partial charge in [-0.3, -0.25) is 10.6 Å². The van der Waals surface area contributed by atoms with Crippen molar-refractivity contribution in [2.45, 2.75) is 178 Å². The summed E-state index contributed by atoms with van der Waals surface area (Å²) in [6.45, 7) is 15.7. The van der Waals surface area contributed by atoms with Crippen LogP contribution in [0.15, 0.2) is 107 Å². The normalized spacial score (nSPS) is 39.5. The van der Waals surface area contributed by atoms with Gasteiger partial charge in [-0.2, -0.15) is 0 Å². The van der Waals surface area contributed by atoms with Gasteiger partial charge in [0, 0.05) is 28.8 Å². The summed E-state index contributed by atoms with van der Waals surface area (Å²) in [6.07, 6.45) is 19.5. The number of cyclic esters (lactones) is 1. The zero-order valence-electron chi connectivity index (χ0n) is 44.0. The molecule has 3 aliphatic heterocycles. The predicted molar refractivity (Wildman–Crippen MR) is 281 cm³/mol. The van der Waals surface area contributed by atoms with Gasteiger partial charge in [0.1, 0.15) is 23.9 Å². The van der Waals surface area contributed by atoms with E-state index in [9.17, 15) is 24.6 Å². The number of allylic oxidation sites excluding steroid dienone is 4. The first-order chi connectivity index (χ1) is 35.5. The van der Waals surface area contributed by atoms with E-state index in [1.807, 2.05) is 62.4 Å². The molecule has 7 unspecified atom stereocenters. The van der Waals surface area contributed by atoms with Crippen molar-refractivity contribution in [3.05, 3.63) is 118 Å². The van der Waals surface area contributed by atoms with Crippen LogP contribution in [0.1, 0.15) is 136 Å². The van der Waals surface area contributed by atoms with Crippen LogP contribution in [0.4, 0.5) is 21.0 Å². The first kappa shape index (κ1) is 49.8. The van der Waals surface area contributed by atoms with E-state index in [1.165, 1.54) is 31.3 Å². The highest BCUT2D eigenvalue weighted by Gasteiger charge is 2.95. The fraction of sp³-hybridized carbons (Fsp3) is 0.597. The smallest absolute Gasteiger partial charge is 0.412 e. The average molecular weight is 1010 g/mol. The van der Waals surface area contributed by atoms with E-state index in [1.54, 1.807) is 5.57 Å². The monoisotopic (exact) mass is 1010 g/mol. The molecule has 394 valence electrons. The number of aliphatic hydroxyl groups excluding tert-OH is 1. The molecule has 0 bridgehead atoms. The molecule has 0 aromatic heterocycles. The SMILES string of the molecule is C=C1/C(=C\C=C2/CCC[C@@]3(C)C2CCC3[C@@H](C)/C=C/C(O)C2CC2)CCCC1OC(=O)Nc1ccc(Cc2ccc(NC(=O)O[C@H]3[C@]45O[C@H]4CC4C6=C(CCC4(C)[C@@]54OC4C[C@@]3(O)C(C)C)C(=O)OC6)cc2)cc1. The quantitative estimate of drug-likeness (QED) is 0.0695. The Morgan fingerprint density at radius 3 is 2.22 bits per heavy atom. The molecule has 3 heterocycles. The third-order valence-electron chi connectivity index (χ3n) is 20.7. The Hall–Kier alpha value is -5.01. The van der Waals surface area contributed by atoms with E-state index < -0.39 is 35.1 Å². The van der Waals surface area contributed by atoms with E-state index in [2.05, 4.69) is 62.3 Å². The molecule has 4 N–H and O–H groups in total. The van der Waals surface area contributed by atoms with E-state index in [-0.39, 0.29) is 53.1 Å². The molecule has 12 heteroatoms. The van der Waals surface area contributed by atoms with Crippen molar-refractivity contribution in [1.82, 2.24) is 0 Å². The van der Waals surface area contributed by atoms with E-state index in [0.717, 1.165) is 72.8 Å². The molecule has 0 radical (unpaired) electrons. The van der Waals surface area contributed by atoms with Crippen molar-refractivity contribution in [3.63, 3.8) is 0 Å². The standard InChI is InChI=1S/C62H76N2O10/c1-35(2)60(69)33-53-62(74-53)59(6)30-28-45-46(34-70-54(45)66)49(59)32-52-61(62,73-52)55(60)72-57(68)64-44-23-15-39(16-24-44)31-38-13-21-43(22-14-38)63-56(67)71-51-11-7-9-40(37(51)4)17-18-41-10-8-29-58(5)47(25-26-48(41)58)36(3)12-27-50(65)42-19-20-42/h12-18,21-24,27,35-36,42,47-53,55,65,69H,4,7-11,19-20,25-26,28-34H2,1-3,5-6H3,(H,63,67)(H,64,68)/b27-12+,40-17-,41-18+/t36-,47?,48?,49?,50?,51?,52-,53?,55+,58+,59?,60+,61+,62+/m0/s1. The fourth-order valence-electron chi connectivity index (χ4n) is 16.3. The van der Waals surface area contributed by atoms with Crippen LogP contribution < -0.4 is 10.6 Å². The number of benzene rings is 2. The number of rotatable bonds is 12. The molecule has 74 heavy (non-hydrogen) atoms. The minimum absolute atomic E-state index is 0.0511. The first-order valence-corrected chi connectivity index (χ1v) is 28.0. The Labute approximate surface area is 436 Å². The highest BCUT2D eigenvalue weighted by molar-refractivity contribution is 5.92. The maximum absolute atomic E-state index is 13.8. The summed E-state index contributed by atoms with van der Waals surface area (Å²) in [7, 11) is 0. The summed E-state index contributed by atoms with van der Waals surface area (Å²) >= 11 is 0. The Bertz CT molecular complexity index is 2740. The van der Waals surface area contributed by atoms with Crippen LogP contribution in [0.5, 0.6) is 0 Å². The maximum Gasteiger partial charge on any atom is 0.412 e. The van der Waals surface area contributed by atoms with E-state index >= 15 is 0 Å². The molecule has 2 spiro atoms. The summed E-state index contributed by atoms with van der Waals surface area (Å²) in [5.41, 5.74) is 5.52. The highest BCUT2D eigenvalue weighted by atomic mass is 16.7. The number of epoxide rings is 2. The molecular weight excluding hydrogens is 933 g/mol. The number of carbonyl (C=O) groups excluding carboxylic acids is 3. The zero-order chi connectivity index (χ0) is 51.5. The number of aliphatic hydroxyl groups is 2. The van der Waals surface area contributed by atoms with E-state index in [4.69, 9.17) is 23.7 Å². The molecule has 14 atom stereocenters. The molecule has 12 rings (SSSR count). The van der Waals surface area contributed by atoms with Gasteiger partial charge in [-0.15, -0.1) is 0 Å². The third-order valence-corrected chi connectivity index (χ3v) is 20.7. The third kappa shape index (κ3) is 8.08. The zero-order valence-corrected chi connectivity index (χ0v) is 44.0. The predicted octanol–water partition coefficient (Wildman–Crippen LogP) is 11.6. The second-order valence-corrected chi connectivity index (χ2v) is 24.9. The lowest BCUT2D eigenvalue weighted by atomic mass is 9.46. The van der Waals surface area contributed by atoms with Gasteiger partial charge in [0.25, 0.3) is 0 Å². The van der Waals surface area contributed by atoms with Crippen LogP contribution >= 0.6 is 0 Å². The maximum atomic E-state index is 13.8. The molecule has 7 aliphatic carbocycles. The minimum atomic E-state index is -1.37. The number of nitrogens with one attached hydrogen (secondary N) is 2. The Morgan fingerprint density at radius 2 is 1.53 bits per heavy atom. The number of hydrogen-bond donors (Lipinski definition) is 4. The van der Waals surface area contributed by atoms with Crippen LogP contribution in [0.3, 0.4) is 0 Å². The van der Waals surface area contributed by atoms with Gasteiger partial charge < -0.3 is 33.9 Å². The molecule has 2 aromatic rings. The minimum Gasteiger partial charge on any atom is -0.458 e. The van der Waals surface area contributed by atoms with Gasteiger partial charge in [0.15, 0.2) is 11.7 Å². The molecule has 8 fully saturated rings. The largest absolute Gasteiger partial charge is 0.458 e. The van der Waals surface area contributed by atoms with Crippen LogP contribution in [-0.4, -0.2) is 82.3 Å². The molecule has 10 aliphatic rings. The number of ether oxygens (including phenoxy) is 5. The van der Waals surface area contributed by atoms with Crippen LogP contribution in [0.2, 0.25) is 0 Å². The number of carbonyl (C=O) groups is 3. The first-order valence-electron chi connectivity index (χ1n) is 28.0. The topological polar surface area (TPSA) is 168 Å². The van der Waals surface area contributed by atoms with Crippen molar-refractivity contribution < 1.29 is 48.3 Å². The van der Waals surface area contributed by atoms with E-state index in [0.29, 0.717) is 67.3 Å². The lowest BCUT2D eigenvalue weighted by molar-refractivity contribution is -0.178.